The van der Waals surface area contributed by atoms with Crippen LogP contribution < -0.4 is 11.0 Å². The first kappa shape index (κ1) is 20.6. The molecule has 1 aromatic carbocycles. The molecule has 0 bridgehead atoms. The first-order valence-electron chi connectivity index (χ1n) is 9.61. The van der Waals surface area contributed by atoms with E-state index in [2.05, 4.69) is 15.4 Å². The van der Waals surface area contributed by atoms with Crippen molar-refractivity contribution in [1.82, 2.24) is 9.55 Å². The number of carbonyl (C=O) groups is 2. The van der Waals surface area contributed by atoms with Crippen molar-refractivity contribution in [3.05, 3.63) is 58.6 Å². The van der Waals surface area contributed by atoms with E-state index in [1.807, 2.05) is 0 Å². The Labute approximate surface area is 170 Å². The maximum Gasteiger partial charge on any atom is 0.351 e. The van der Waals surface area contributed by atoms with Crippen LogP contribution in [0.25, 0.3) is 0 Å². The van der Waals surface area contributed by atoms with E-state index in [4.69, 9.17) is 12.3 Å². The number of amides is 1. The van der Waals surface area contributed by atoms with Gasteiger partial charge in [-0.3, -0.25) is 9.36 Å². The second-order valence-corrected chi connectivity index (χ2v) is 5.54. The van der Waals surface area contributed by atoms with Gasteiger partial charge in [0, 0.05) is 21.6 Å². The molecule has 1 heterocycles. The number of esters is 1. The van der Waals surface area contributed by atoms with Crippen LogP contribution in [0.4, 0.5) is 5.82 Å². The van der Waals surface area contributed by atoms with Crippen LogP contribution in [0.15, 0.2) is 47.4 Å². The first-order chi connectivity index (χ1) is 14.9. The van der Waals surface area contributed by atoms with Crippen LogP contribution >= 0.6 is 0 Å². The van der Waals surface area contributed by atoms with Crippen molar-refractivity contribution in [2.45, 2.75) is 26.2 Å². The molecule has 1 aromatic heterocycles. The molecule has 2 rings (SSSR count). The third-order valence-corrected chi connectivity index (χ3v) is 3.36. The summed E-state index contributed by atoms with van der Waals surface area (Å²) in [6.07, 6.45) is -0.677. The minimum Gasteiger partial charge on any atom is -0.457 e. The molecule has 0 spiro atoms. The van der Waals surface area contributed by atoms with Crippen molar-refractivity contribution in [3.63, 3.8) is 0 Å². The van der Waals surface area contributed by atoms with Gasteiger partial charge in [0.2, 0.25) is 7.34 Å². The summed E-state index contributed by atoms with van der Waals surface area (Å²) in [5.41, 5.74) is -0.430. The summed E-state index contributed by atoms with van der Waals surface area (Å²) in [7, 11) is 1.29. The number of hydrogen-bond donors (Lipinski definition) is 3. The zero-order chi connectivity index (χ0) is 23.2. The predicted octanol–water partition coefficient (Wildman–Crippen LogP) is 0.563. The van der Waals surface area contributed by atoms with E-state index in [1.165, 1.54) is 26.3 Å². The number of nitrogens with zero attached hydrogens (tertiary/aromatic N) is 2. The Balaban J connectivity index is 0.00000151. The molecule has 2 aromatic rings. The van der Waals surface area contributed by atoms with Gasteiger partial charge in [-0.1, -0.05) is 18.2 Å². The SMILES string of the molecule is [2H]C[C@H](CO)O[C@H](COC(=O)c1ccccc1)n1ccc(NC(C)=O)nc1=O.[3H]OC. The Bertz CT molecular complexity index is 876. The molecule has 0 aliphatic rings. The van der Waals surface area contributed by atoms with Crippen molar-refractivity contribution in [1.29, 1.82) is 1.43 Å². The summed E-state index contributed by atoms with van der Waals surface area (Å²) in [5.74, 6) is -0.937. The normalized spacial score (nSPS) is 13.1. The molecule has 158 valence electrons. The number of hydrogen-bond acceptors (Lipinski definition) is 8. The van der Waals surface area contributed by atoms with Crippen LogP contribution in [0.5, 0.6) is 0 Å². The molecular formula is C19H25N3O7. The van der Waals surface area contributed by atoms with E-state index in [-0.39, 0.29) is 25.2 Å². The molecule has 0 saturated carbocycles. The minimum absolute atomic E-state index is 0.0629. The standard InChI is InChI=1S/C18H21N3O6.CH4O/c1-12(10-22)27-16(11-26-17(24)14-6-4-3-5-7-14)21-9-8-15(19-13(2)23)20-18(21)25;1-2/h3-9,12,16,22H,10-11H2,1-2H3,(H,19,20,23,25);2H,1H3/t12-,16-;/m1./s1/i1D;2T. The fourth-order valence-electron chi connectivity index (χ4n) is 2.14. The van der Waals surface area contributed by atoms with Gasteiger partial charge in [-0.15, -0.1) is 0 Å². The monoisotopic (exact) mass is 410 g/mol. The van der Waals surface area contributed by atoms with Gasteiger partial charge in [0.1, 0.15) is 12.4 Å². The molecule has 0 aliphatic carbocycles. The number of carbonyl (C=O) groups excluding carboxylic acids is 2. The zero-order valence-electron chi connectivity index (χ0n) is 18.1. The number of rotatable bonds is 8. The second-order valence-electron chi connectivity index (χ2n) is 5.54. The molecule has 3 N–H and O–H groups in total. The zero-order valence-corrected chi connectivity index (χ0v) is 16.1. The number of ether oxygens (including phenoxy) is 2. The summed E-state index contributed by atoms with van der Waals surface area (Å²) in [5, 5.41) is 15.2. The van der Waals surface area contributed by atoms with Gasteiger partial charge in [-0.05, 0) is 25.1 Å². The number of benzene rings is 1. The lowest BCUT2D eigenvalue weighted by atomic mass is 10.2. The van der Waals surface area contributed by atoms with Gasteiger partial charge in [-0.2, -0.15) is 4.98 Å². The quantitative estimate of drug-likeness (QED) is 0.537. The topological polar surface area (TPSA) is 140 Å². The molecule has 1 amide bonds. The van der Waals surface area contributed by atoms with Gasteiger partial charge in [-0.25, -0.2) is 9.59 Å². The third-order valence-electron chi connectivity index (χ3n) is 3.36. The average Bonchev–Trinajstić information content (AvgIpc) is 2.75. The maximum atomic E-state index is 12.3. The van der Waals surface area contributed by atoms with E-state index in [0.717, 1.165) is 4.57 Å². The van der Waals surface area contributed by atoms with Gasteiger partial charge >= 0.3 is 11.7 Å². The molecule has 2 atom stereocenters. The first-order valence-corrected chi connectivity index (χ1v) is 8.50. The smallest absolute Gasteiger partial charge is 0.351 e. The Morgan fingerprint density at radius 3 is 2.62 bits per heavy atom. The Hall–Kier alpha value is -3.08. The lowest BCUT2D eigenvalue weighted by Gasteiger charge is -2.23. The summed E-state index contributed by atoms with van der Waals surface area (Å²) in [4.78, 5) is 39.3. The summed E-state index contributed by atoms with van der Waals surface area (Å²) in [6, 6.07) is 9.66. The van der Waals surface area contributed by atoms with Crippen LogP contribution in [0.1, 0.15) is 31.8 Å². The largest absolute Gasteiger partial charge is 0.457 e. The van der Waals surface area contributed by atoms with Crippen molar-refractivity contribution in [2.24, 2.45) is 0 Å². The number of anilines is 1. The number of aliphatic hydroxyl groups is 2. The van der Waals surface area contributed by atoms with E-state index in [1.54, 1.807) is 30.3 Å². The highest BCUT2D eigenvalue weighted by Gasteiger charge is 2.20. The van der Waals surface area contributed by atoms with Gasteiger partial charge in [0.05, 0.1) is 18.3 Å². The molecule has 0 unspecified atom stereocenters. The van der Waals surface area contributed by atoms with Crippen molar-refractivity contribution in [3.8, 4) is 0 Å². The highest BCUT2D eigenvalue weighted by atomic mass is 16.6. The van der Waals surface area contributed by atoms with Crippen LogP contribution in [0.3, 0.4) is 0 Å². The highest BCUT2D eigenvalue weighted by Crippen LogP contribution is 2.13. The van der Waals surface area contributed by atoms with Gasteiger partial charge < -0.3 is 25.0 Å². The van der Waals surface area contributed by atoms with Crippen LogP contribution in [-0.4, -0.2) is 59.5 Å². The molecule has 0 saturated heterocycles. The minimum atomic E-state index is -1.11. The van der Waals surface area contributed by atoms with Gasteiger partial charge in [0.15, 0.2) is 6.23 Å². The van der Waals surface area contributed by atoms with Crippen molar-refractivity contribution >= 4 is 17.7 Å². The maximum absolute atomic E-state index is 12.3. The molecule has 10 heteroatoms. The third kappa shape index (κ3) is 7.82. The van der Waals surface area contributed by atoms with Gasteiger partial charge in [0.25, 0.3) is 0 Å². The number of nitrogens with one attached hydrogen (secondary N) is 1. The summed E-state index contributed by atoms with van der Waals surface area (Å²) >= 11 is 0. The molecule has 0 aliphatic heterocycles. The van der Waals surface area contributed by atoms with E-state index < -0.39 is 30.6 Å². The van der Waals surface area contributed by atoms with Crippen molar-refractivity contribution < 1.29 is 30.6 Å². The molecule has 10 nitrogen and oxygen atoms in total. The molecule has 0 radical (unpaired) electrons. The predicted molar refractivity (Wildman–Crippen MR) is 104 cm³/mol. The lowest BCUT2D eigenvalue weighted by Crippen LogP contribution is -2.34. The molecule has 0 fully saturated rings. The Morgan fingerprint density at radius 2 is 2.07 bits per heavy atom. The van der Waals surface area contributed by atoms with E-state index >= 15 is 0 Å². The molecular weight excluding hydrogens is 382 g/mol. The highest BCUT2D eigenvalue weighted by molar-refractivity contribution is 5.89. The van der Waals surface area contributed by atoms with E-state index in [0.29, 0.717) is 5.56 Å². The summed E-state index contributed by atoms with van der Waals surface area (Å²) in [6.45, 7) is 0.234. The Morgan fingerprint density at radius 1 is 1.38 bits per heavy atom. The second kappa shape index (κ2) is 12.4. The van der Waals surface area contributed by atoms with E-state index in [9.17, 15) is 19.5 Å². The van der Waals surface area contributed by atoms with Crippen LogP contribution in [0, 0.1) is 0 Å². The summed E-state index contributed by atoms with van der Waals surface area (Å²) < 4.78 is 24.9. The fraction of sp³-hybridized carbons (Fsp3) is 0.368. The van der Waals surface area contributed by atoms with Crippen LogP contribution in [-0.2, 0) is 14.3 Å². The lowest BCUT2D eigenvalue weighted by molar-refractivity contribution is -0.114. The fourth-order valence-corrected chi connectivity index (χ4v) is 2.14. The molecule has 29 heavy (non-hydrogen) atoms. The average molecular weight is 410 g/mol. The Kier molecular flexibility index (Phi) is 8.82. The van der Waals surface area contributed by atoms with Crippen molar-refractivity contribution in [2.75, 3.05) is 25.6 Å². The van der Waals surface area contributed by atoms with Crippen LogP contribution in [0.2, 0.25) is 0 Å². The number of aromatic nitrogens is 2. The number of aliphatic hydroxyl groups excluding tert-OH is 2.